The van der Waals surface area contributed by atoms with Gasteiger partial charge in [-0.05, 0) is 36.4 Å². The molecule has 0 saturated carbocycles. The van der Waals surface area contributed by atoms with Crippen LogP contribution in [0.1, 0.15) is 0 Å². The van der Waals surface area contributed by atoms with Gasteiger partial charge in [0.15, 0.2) is 0 Å². The Hall–Kier alpha value is -2.70. The number of benzene rings is 1. The Morgan fingerprint density at radius 1 is 1.08 bits per heavy atom. The molecule has 3 heterocycles. The Balaban J connectivity index is 1.73. The summed E-state index contributed by atoms with van der Waals surface area (Å²) >= 11 is 0. The van der Waals surface area contributed by atoms with Crippen molar-refractivity contribution in [1.82, 2.24) is 14.5 Å². The van der Waals surface area contributed by atoms with Gasteiger partial charge in [0, 0.05) is 23.5 Å². The lowest BCUT2D eigenvalue weighted by Crippen LogP contribution is -2.32. The quantitative estimate of drug-likeness (QED) is 0.707. The van der Waals surface area contributed by atoms with Gasteiger partial charge < -0.3 is 18.8 Å². The maximum absolute atomic E-state index is 5.82. The van der Waals surface area contributed by atoms with Crippen LogP contribution in [-0.2, 0) is 16.0 Å². The Bertz CT molecular complexity index is 840. The van der Waals surface area contributed by atoms with Gasteiger partial charge in [0.05, 0.1) is 57.3 Å². The smallest absolute Gasteiger partial charge is 0.118 e. The first kappa shape index (κ1) is 16.8. The number of hydrogen-bond acceptors (Lipinski definition) is 5. The fraction of sp³-hybridized carbons (Fsp3) is 0.300. The van der Waals surface area contributed by atoms with Gasteiger partial charge >= 0.3 is 0 Å². The fourth-order valence-corrected chi connectivity index (χ4v) is 3.15. The van der Waals surface area contributed by atoms with Crippen LogP contribution in [-0.4, -0.2) is 47.6 Å². The molecule has 1 aliphatic heterocycles. The van der Waals surface area contributed by atoms with E-state index in [0.717, 1.165) is 28.3 Å². The second-order valence-electron chi connectivity index (χ2n) is 6.13. The lowest BCUT2D eigenvalue weighted by molar-refractivity contribution is -0.0934. The van der Waals surface area contributed by atoms with Gasteiger partial charge in [-0.15, -0.1) is 0 Å². The molecule has 1 unspecified atom stereocenters. The average Bonchev–Trinajstić information content (AvgIpc) is 3.13. The predicted octanol–water partition coefficient (Wildman–Crippen LogP) is 3.04. The first-order valence-corrected chi connectivity index (χ1v) is 8.64. The summed E-state index contributed by atoms with van der Waals surface area (Å²) in [6.45, 7) is 2.59. The molecule has 1 fully saturated rings. The minimum atomic E-state index is 0.0299. The van der Waals surface area contributed by atoms with Gasteiger partial charge in [0.1, 0.15) is 5.75 Å². The van der Waals surface area contributed by atoms with Gasteiger partial charge in [-0.3, -0.25) is 4.98 Å². The molecule has 1 saturated heterocycles. The Kier molecular flexibility index (Phi) is 4.95. The number of methoxy groups -OCH3 is 1. The molecule has 134 valence electrons. The van der Waals surface area contributed by atoms with Gasteiger partial charge in [0.25, 0.3) is 0 Å². The molecule has 2 aromatic heterocycles. The highest BCUT2D eigenvalue weighted by Crippen LogP contribution is 2.32. The van der Waals surface area contributed by atoms with Crippen molar-refractivity contribution in [2.24, 2.45) is 0 Å². The average molecular weight is 351 g/mol. The van der Waals surface area contributed by atoms with Crippen molar-refractivity contribution in [1.29, 1.82) is 0 Å². The number of nitrogens with zero attached hydrogens (tertiary/aromatic N) is 3. The van der Waals surface area contributed by atoms with E-state index in [0.29, 0.717) is 26.4 Å². The number of hydrogen-bond donors (Lipinski definition) is 0. The van der Waals surface area contributed by atoms with Crippen molar-refractivity contribution in [3.05, 3.63) is 55.1 Å². The van der Waals surface area contributed by atoms with Crippen LogP contribution in [0.2, 0.25) is 0 Å². The van der Waals surface area contributed by atoms with Crippen molar-refractivity contribution in [3.63, 3.8) is 0 Å². The summed E-state index contributed by atoms with van der Waals surface area (Å²) in [5.41, 5.74) is 4.08. The van der Waals surface area contributed by atoms with Crippen LogP contribution < -0.4 is 4.74 Å². The standard InChI is InChI=1S/C20H21N3O3/c1-24-17-4-2-15(3-5-17)19-20(16-6-8-21-9-7-16)23(14-22-19)12-18-13-25-10-11-26-18/h2-9,14,18H,10-13H2,1H3. The molecule has 1 aliphatic rings. The molecule has 0 aliphatic carbocycles. The van der Waals surface area contributed by atoms with Crippen molar-refractivity contribution in [2.75, 3.05) is 26.9 Å². The minimum absolute atomic E-state index is 0.0299. The summed E-state index contributed by atoms with van der Waals surface area (Å²) in [4.78, 5) is 8.82. The Morgan fingerprint density at radius 3 is 2.58 bits per heavy atom. The van der Waals surface area contributed by atoms with Crippen LogP contribution in [0.4, 0.5) is 0 Å². The normalized spacial score (nSPS) is 17.2. The SMILES string of the molecule is COc1ccc(-c2ncn(CC3COCCO3)c2-c2ccncc2)cc1. The molecule has 6 heteroatoms. The van der Waals surface area contributed by atoms with Crippen LogP contribution in [0.5, 0.6) is 5.75 Å². The van der Waals surface area contributed by atoms with Crippen LogP contribution in [0.3, 0.4) is 0 Å². The molecule has 6 nitrogen and oxygen atoms in total. The van der Waals surface area contributed by atoms with Crippen molar-refractivity contribution < 1.29 is 14.2 Å². The molecule has 1 atom stereocenters. The van der Waals surface area contributed by atoms with Crippen molar-refractivity contribution >= 4 is 0 Å². The zero-order chi connectivity index (χ0) is 17.8. The molecule has 0 spiro atoms. The van der Waals surface area contributed by atoms with Crippen LogP contribution in [0.25, 0.3) is 22.5 Å². The minimum Gasteiger partial charge on any atom is -0.497 e. The highest BCUT2D eigenvalue weighted by molar-refractivity contribution is 5.78. The highest BCUT2D eigenvalue weighted by Gasteiger charge is 2.20. The highest BCUT2D eigenvalue weighted by atomic mass is 16.6. The summed E-state index contributed by atoms with van der Waals surface area (Å²) in [6.07, 6.45) is 5.49. The number of ether oxygens (including phenoxy) is 3. The van der Waals surface area contributed by atoms with Crippen LogP contribution in [0, 0.1) is 0 Å². The van der Waals surface area contributed by atoms with E-state index < -0.39 is 0 Å². The van der Waals surface area contributed by atoms with Crippen molar-refractivity contribution in [2.45, 2.75) is 12.6 Å². The van der Waals surface area contributed by atoms with Crippen molar-refractivity contribution in [3.8, 4) is 28.3 Å². The summed E-state index contributed by atoms with van der Waals surface area (Å²) in [7, 11) is 1.67. The molecule has 1 aromatic carbocycles. The Labute approximate surface area is 152 Å². The summed E-state index contributed by atoms with van der Waals surface area (Å²) in [6, 6.07) is 11.9. The predicted molar refractivity (Wildman–Crippen MR) is 98.0 cm³/mol. The maximum Gasteiger partial charge on any atom is 0.118 e. The fourth-order valence-electron chi connectivity index (χ4n) is 3.15. The molecule has 3 aromatic rings. The zero-order valence-electron chi connectivity index (χ0n) is 14.7. The van der Waals surface area contributed by atoms with E-state index in [-0.39, 0.29) is 6.10 Å². The lowest BCUT2D eigenvalue weighted by Gasteiger charge is -2.24. The molecule has 0 radical (unpaired) electrons. The third kappa shape index (κ3) is 3.47. The number of pyridine rings is 1. The first-order valence-electron chi connectivity index (χ1n) is 8.64. The zero-order valence-corrected chi connectivity index (χ0v) is 14.7. The molecule has 0 N–H and O–H groups in total. The number of imidazole rings is 1. The summed E-state index contributed by atoms with van der Waals surface area (Å²) in [5, 5.41) is 0. The summed E-state index contributed by atoms with van der Waals surface area (Å²) in [5.74, 6) is 0.825. The van der Waals surface area contributed by atoms with Gasteiger partial charge in [-0.1, -0.05) is 0 Å². The second kappa shape index (κ2) is 7.68. The molecule has 0 amide bonds. The van der Waals surface area contributed by atoms with E-state index in [2.05, 4.69) is 14.5 Å². The molecule has 26 heavy (non-hydrogen) atoms. The Morgan fingerprint density at radius 2 is 1.88 bits per heavy atom. The molecule has 0 bridgehead atoms. The monoisotopic (exact) mass is 351 g/mol. The van der Waals surface area contributed by atoms with Gasteiger partial charge in [-0.2, -0.15) is 0 Å². The molecule has 4 rings (SSSR count). The van der Waals surface area contributed by atoms with Crippen LogP contribution in [0.15, 0.2) is 55.1 Å². The van der Waals surface area contributed by atoms with E-state index in [9.17, 15) is 0 Å². The van der Waals surface area contributed by atoms with E-state index in [1.165, 1.54) is 0 Å². The topological polar surface area (TPSA) is 58.4 Å². The molecular weight excluding hydrogens is 330 g/mol. The van der Waals surface area contributed by atoms with Gasteiger partial charge in [0.2, 0.25) is 0 Å². The third-order valence-corrected chi connectivity index (χ3v) is 4.44. The number of rotatable bonds is 5. The van der Waals surface area contributed by atoms with E-state index >= 15 is 0 Å². The molecular formula is C20H21N3O3. The van der Waals surface area contributed by atoms with Gasteiger partial charge in [-0.25, -0.2) is 4.98 Å². The largest absolute Gasteiger partial charge is 0.497 e. The third-order valence-electron chi connectivity index (χ3n) is 4.44. The maximum atomic E-state index is 5.82. The number of aromatic nitrogens is 3. The van der Waals surface area contributed by atoms with E-state index in [1.807, 2.05) is 42.7 Å². The van der Waals surface area contributed by atoms with E-state index in [4.69, 9.17) is 14.2 Å². The first-order chi connectivity index (χ1) is 12.8. The second-order valence-corrected chi connectivity index (χ2v) is 6.13. The summed E-state index contributed by atoms with van der Waals surface area (Å²) < 4.78 is 18.7. The van der Waals surface area contributed by atoms with Crippen LogP contribution >= 0.6 is 0 Å². The lowest BCUT2D eigenvalue weighted by atomic mass is 10.1. The van der Waals surface area contributed by atoms with E-state index in [1.54, 1.807) is 19.5 Å².